The minimum absolute atomic E-state index is 0.224. The molecule has 122 valence electrons. The monoisotopic (exact) mass is 324 g/mol. The number of amides is 3. The van der Waals surface area contributed by atoms with Crippen LogP contribution in [-0.4, -0.2) is 33.9 Å². The number of fused-ring (bicyclic) bond motifs is 1. The maximum absolute atomic E-state index is 12.5. The van der Waals surface area contributed by atoms with Gasteiger partial charge in [-0.2, -0.15) is 0 Å². The SMILES string of the molecule is O=C(NO)C(CCc1ccccc1)N1C(=O)c2ccccc2C1=O. The second-order valence-electron chi connectivity index (χ2n) is 5.54. The molecule has 1 unspecified atom stereocenters. The minimum atomic E-state index is -1.07. The highest BCUT2D eigenvalue weighted by molar-refractivity contribution is 6.22. The maximum Gasteiger partial charge on any atom is 0.266 e. The van der Waals surface area contributed by atoms with E-state index in [4.69, 9.17) is 5.21 Å². The summed E-state index contributed by atoms with van der Waals surface area (Å²) in [7, 11) is 0. The van der Waals surface area contributed by atoms with E-state index in [1.165, 1.54) is 0 Å². The van der Waals surface area contributed by atoms with Gasteiger partial charge in [-0.1, -0.05) is 42.5 Å². The molecule has 6 nitrogen and oxygen atoms in total. The lowest BCUT2D eigenvalue weighted by Gasteiger charge is -2.24. The van der Waals surface area contributed by atoms with E-state index >= 15 is 0 Å². The van der Waals surface area contributed by atoms with Crippen molar-refractivity contribution in [2.45, 2.75) is 18.9 Å². The summed E-state index contributed by atoms with van der Waals surface area (Å²) in [6.07, 6.45) is 0.716. The third-order valence-corrected chi connectivity index (χ3v) is 4.10. The third-order valence-electron chi connectivity index (χ3n) is 4.10. The number of hydroxylamine groups is 1. The lowest BCUT2D eigenvalue weighted by molar-refractivity contribution is -0.133. The van der Waals surface area contributed by atoms with Crippen molar-refractivity contribution in [2.24, 2.45) is 0 Å². The van der Waals surface area contributed by atoms with Crippen LogP contribution in [-0.2, 0) is 11.2 Å². The zero-order valence-electron chi connectivity index (χ0n) is 12.8. The second-order valence-corrected chi connectivity index (χ2v) is 5.54. The number of carbonyl (C=O) groups is 3. The van der Waals surface area contributed by atoms with Crippen molar-refractivity contribution in [1.29, 1.82) is 0 Å². The van der Waals surface area contributed by atoms with Gasteiger partial charge in [-0.15, -0.1) is 0 Å². The fraction of sp³-hybridized carbons (Fsp3) is 0.167. The minimum Gasteiger partial charge on any atom is -0.289 e. The second kappa shape index (κ2) is 6.64. The normalized spacial score (nSPS) is 14.5. The molecule has 2 aromatic rings. The maximum atomic E-state index is 12.5. The number of hydrogen-bond donors (Lipinski definition) is 2. The highest BCUT2D eigenvalue weighted by Gasteiger charge is 2.42. The molecule has 24 heavy (non-hydrogen) atoms. The highest BCUT2D eigenvalue weighted by Crippen LogP contribution is 2.26. The van der Waals surface area contributed by atoms with Gasteiger partial charge in [0, 0.05) is 0 Å². The Morgan fingerprint density at radius 3 is 2.04 bits per heavy atom. The molecule has 1 aliphatic rings. The van der Waals surface area contributed by atoms with Crippen molar-refractivity contribution < 1.29 is 19.6 Å². The topological polar surface area (TPSA) is 86.7 Å². The fourth-order valence-electron chi connectivity index (χ4n) is 2.89. The Bertz CT molecular complexity index is 754. The number of hydrogen-bond acceptors (Lipinski definition) is 4. The van der Waals surface area contributed by atoms with Gasteiger partial charge in [0.25, 0.3) is 17.7 Å². The van der Waals surface area contributed by atoms with Crippen LogP contribution in [0.5, 0.6) is 0 Å². The first-order valence-electron chi connectivity index (χ1n) is 7.58. The number of aryl methyl sites for hydroxylation is 1. The molecule has 0 radical (unpaired) electrons. The van der Waals surface area contributed by atoms with E-state index in [0.717, 1.165) is 10.5 Å². The van der Waals surface area contributed by atoms with E-state index < -0.39 is 23.8 Å². The molecule has 0 spiro atoms. The van der Waals surface area contributed by atoms with Crippen molar-refractivity contribution in [2.75, 3.05) is 0 Å². The number of nitrogens with one attached hydrogen (secondary N) is 1. The van der Waals surface area contributed by atoms with Gasteiger partial charge in [0.2, 0.25) is 0 Å². The van der Waals surface area contributed by atoms with Gasteiger partial charge in [0.15, 0.2) is 0 Å². The first kappa shape index (κ1) is 15.9. The van der Waals surface area contributed by atoms with Gasteiger partial charge in [-0.05, 0) is 30.5 Å². The van der Waals surface area contributed by atoms with Crippen LogP contribution in [0.1, 0.15) is 32.7 Å². The first-order valence-corrected chi connectivity index (χ1v) is 7.58. The van der Waals surface area contributed by atoms with Crippen LogP contribution in [0.25, 0.3) is 0 Å². The van der Waals surface area contributed by atoms with Crippen LogP contribution in [0.4, 0.5) is 0 Å². The molecule has 1 heterocycles. The predicted octanol–water partition coefficient (Wildman–Crippen LogP) is 1.79. The molecule has 0 aliphatic carbocycles. The van der Waals surface area contributed by atoms with Crippen molar-refractivity contribution >= 4 is 17.7 Å². The Morgan fingerprint density at radius 2 is 1.50 bits per heavy atom. The molecule has 1 atom stereocenters. The average Bonchev–Trinajstić information content (AvgIpc) is 2.88. The molecule has 0 bridgehead atoms. The Balaban J connectivity index is 1.86. The summed E-state index contributed by atoms with van der Waals surface area (Å²) in [5.74, 6) is -1.81. The molecule has 0 aromatic heterocycles. The fourth-order valence-corrected chi connectivity index (χ4v) is 2.89. The van der Waals surface area contributed by atoms with E-state index in [-0.39, 0.29) is 17.5 Å². The molecular formula is C18H16N2O4. The van der Waals surface area contributed by atoms with Crippen molar-refractivity contribution in [1.82, 2.24) is 10.4 Å². The van der Waals surface area contributed by atoms with Crippen LogP contribution in [0.15, 0.2) is 54.6 Å². The van der Waals surface area contributed by atoms with E-state index in [9.17, 15) is 14.4 Å². The third kappa shape index (κ3) is 2.79. The Hall–Kier alpha value is -2.99. The Kier molecular flexibility index (Phi) is 4.39. The first-order chi connectivity index (χ1) is 11.6. The van der Waals surface area contributed by atoms with Crippen LogP contribution in [0.2, 0.25) is 0 Å². The summed E-state index contributed by atoms with van der Waals surface area (Å²) in [5.41, 5.74) is 3.09. The molecule has 2 N–H and O–H groups in total. The Labute approximate surface area is 138 Å². The summed E-state index contributed by atoms with van der Waals surface area (Å²) in [5, 5.41) is 9.00. The van der Waals surface area contributed by atoms with Crippen LogP contribution in [0, 0.1) is 0 Å². The van der Waals surface area contributed by atoms with Gasteiger partial charge in [-0.3, -0.25) is 24.5 Å². The van der Waals surface area contributed by atoms with Crippen LogP contribution >= 0.6 is 0 Å². The summed E-state index contributed by atoms with van der Waals surface area (Å²) in [4.78, 5) is 38.0. The summed E-state index contributed by atoms with van der Waals surface area (Å²) < 4.78 is 0. The number of carbonyl (C=O) groups excluding carboxylic acids is 3. The summed E-state index contributed by atoms with van der Waals surface area (Å²) in [6.45, 7) is 0. The van der Waals surface area contributed by atoms with Crippen LogP contribution < -0.4 is 5.48 Å². The van der Waals surface area contributed by atoms with Crippen molar-refractivity contribution in [3.8, 4) is 0 Å². The smallest absolute Gasteiger partial charge is 0.266 e. The molecule has 0 fully saturated rings. The lowest BCUT2D eigenvalue weighted by atomic mass is 10.0. The predicted molar refractivity (Wildman–Crippen MR) is 85.4 cm³/mol. The van der Waals surface area contributed by atoms with Crippen molar-refractivity contribution in [3.05, 3.63) is 71.3 Å². The van der Waals surface area contributed by atoms with E-state index in [1.54, 1.807) is 29.7 Å². The lowest BCUT2D eigenvalue weighted by Crippen LogP contribution is -2.49. The Morgan fingerprint density at radius 1 is 0.958 bits per heavy atom. The zero-order valence-corrected chi connectivity index (χ0v) is 12.8. The molecule has 6 heteroatoms. The molecule has 0 saturated heterocycles. The van der Waals surface area contributed by atoms with E-state index in [1.807, 2.05) is 30.3 Å². The molecule has 0 saturated carbocycles. The van der Waals surface area contributed by atoms with Crippen molar-refractivity contribution in [3.63, 3.8) is 0 Å². The average molecular weight is 324 g/mol. The number of imide groups is 1. The number of benzene rings is 2. The summed E-state index contributed by atoms with van der Waals surface area (Å²) >= 11 is 0. The van der Waals surface area contributed by atoms with Crippen LogP contribution in [0.3, 0.4) is 0 Å². The molecular weight excluding hydrogens is 308 g/mol. The molecule has 1 aliphatic heterocycles. The largest absolute Gasteiger partial charge is 0.289 e. The zero-order chi connectivity index (χ0) is 17.1. The van der Waals surface area contributed by atoms with Gasteiger partial charge in [0.05, 0.1) is 11.1 Å². The standard InChI is InChI=1S/C18H16N2O4/c21-16(19-24)15(11-10-12-6-2-1-3-7-12)20-17(22)13-8-4-5-9-14(13)18(20)23/h1-9,15,24H,10-11H2,(H,19,21). The highest BCUT2D eigenvalue weighted by atomic mass is 16.5. The molecule has 3 amide bonds. The van der Waals surface area contributed by atoms with Gasteiger partial charge < -0.3 is 0 Å². The number of rotatable bonds is 5. The molecule has 3 rings (SSSR count). The number of nitrogens with zero attached hydrogens (tertiary/aromatic N) is 1. The van der Waals surface area contributed by atoms with E-state index in [2.05, 4.69) is 0 Å². The van der Waals surface area contributed by atoms with Gasteiger partial charge >= 0.3 is 0 Å². The van der Waals surface area contributed by atoms with Gasteiger partial charge in [0.1, 0.15) is 6.04 Å². The van der Waals surface area contributed by atoms with Gasteiger partial charge in [-0.25, -0.2) is 5.48 Å². The van der Waals surface area contributed by atoms with E-state index in [0.29, 0.717) is 6.42 Å². The molecule has 2 aromatic carbocycles. The quantitative estimate of drug-likeness (QED) is 0.499. The summed E-state index contributed by atoms with van der Waals surface area (Å²) in [6, 6.07) is 14.8.